The van der Waals surface area contributed by atoms with Crippen LogP contribution in [0.5, 0.6) is 11.5 Å². The van der Waals surface area contributed by atoms with E-state index in [1.807, 2.05) is 6.07 Å². The molecule has 0 spiro atoms. The Morgan fingerprint density at radius 2 is 2.10 bits per heavy atom. The first kappa shape index (κ1) is 16.3. The molecule has 21 heavy (non-hydrogen) atoms. The van der Waals surface area contributed by atoms with Gasteiger partial charge < -0.3 is 10.5 Å². The molecule has 1 unspecified atom stereocenters. The topological polar surface area (TPSA) is 35.2 Å². The van der Waals surface area contributed by atoms with Crippen LogP contribution in [0.25, 0.3) is 0 Å². The van der Waals surface area contributed by atoms with Gasteiger partial charge in [0.1, 0.15) is 5.75 Å². The van der Waals surface area contributed by atoms with Gasteiger partial charge in [-0.1, -0.05) is 46.6 Å². The minimum Gasteiger partial charge on any atom is -0.454 e. The summed E-state index contributed by atoms with van der Waals surface area (Å²) in [7, 11) is 0. The van der Waals surface area contributed by atoms with Crippen LogP contribution in [0.2, 0.25) is 5.02 Å². The van der Waals surface area contributed by atoms with Gasteiger partial charge in [0.05, 0.1) is 5.02 Å². The molecule has 2 aromatic rings. The molecule has 0 radical (unpaired) electrons. The van der Waals surface area contributed by atoms with Gasteiger partial charge in [0.25, 0.3) is 0 Å². The number of benzene rings is 2. The Kier molecular flexibility index (Phi) is 5.62. The van der Waals surface area contributed by atoms with Crippen LogP contribution < -0.4 is 10.5 Å². The second kappa shape index (κ2) is 7.25. The van der Waals surface area contributed by atoms with Crippen LogP contribution in [-0.2, 0) is 6.42 Å². The average molecular weight is 373 g/mol. The molecule has 0 saturated carbocycles. The third-order valence-electron chi connectivity index (χ3n) is 3.17. The van der Waals surface area contributed by atoms with Crippen LogP contribution in [0.15, 0.2) is 40.9 Å². The van der Waals surface area contributed by atoms with Crippen LogP contribution in [0.3, 0.4) is 0 Å². The van der Waals surface area contributed by atoms with E-state index in [-0.39, 0.29) is 16.8 Å². The Hall–Kier alpha value is -1.10. The van der Waals surface area contributed by atoms with E-state index in [0.717, 1.165) is 22.9 Å². The zero-order chi connectivity index (χ0) is 15.4. The van der Waals surface area contributed by atoms with Crippen molar-refractivity contribution in [2.45, 2.75) is 25.8 Å². The largest absolute Gasteiger partial charge is 0.454 e. The monoisotopic (exact) mass is 371 g/mol. The zero-order valence-corrected chi connectivity index (χ0v) is 13.9. The highest BCUT2D eigenvalue weighted by Gasteiger charge is 2.10. The van der Waals surface area contributed by atoms with Crippen molar-refractivity contribution < 1.29 is 9.13 Å². The van der Waals surface area contributed by atoms with Crippen molar-refractivity contribution in [2.75, 3.05) is 0 Å². The molecule has 2 rings (SSSR count). The molecule has 1 atom stereocenters. The van der Waals surface area contributed by atoms with E-state index in [9.17, 15) is 4.39 Å². The third kappa shape index (κ3) is 4.19. The van der Waals surface area contributed by atoms with E-state index in [1.54, 1.807) is 18.2 Å². The summed E-state index contributed by atoms with van der Waals surface area (Å²) in [5, 5.41) is 0.0390. The normalized spacial score (nSPS) is 12.2. The first-order valence-electron chi connectivity index (χ1n) is 6.67. The smallest absolute Gasteiger partial charge is 0.184 e. The standard InChI is InChI=1S/C16H16BrClFNO/c1-2-11(20)8-10-6-7-12(9-13(10)17)21-15-5-3-4-14(18)16(15)19/h3-7,9,11H,2,8,20H2,1H3. The Morgan fingerprint density at radius 1 is 1.33 bits per heavy atom. The molecule has 0 amide bonds. The maximum atomic E-state index is 13.8. The fraction of sp³-hybridized carbons (Fsp3) is 0.250. The van der Waals surface area contributed by atoms with Gasteiger partial charge in [-0.2, -0.15) is 0 Å². The number of ether oxygens (including phenoxy) is 1. The minimum atomic E-state index is -0.563. The van der Waals surface area contributed by atoms with Crippen LogP contribution in [0.1, 0.15) is 18.9 Å². The molecule has 0 aromatic heterocycles. The first-order chi connectivity index (χ1) is 10.0. The molecule has 0 saturated heterocycles. The molecule has 0 heterocycles. The van der Waals surface area contributed by atoms with Crippen LogP contribution in [0.4, 0.5) is 4.39 Å². The highest BCUT2D eigenvalue weighted by atomic mass is 79.9. The Bertz CT molecular complexity index is 636. The van der Waals surface area contributed by atoms with Gasteiger partial charge in [-0.25, -0.2) is 4.39 Å². The van der Waals surface area contributed by atoms with Crippen molar-refractivity contribution in [3.8, 4) is 11.5 Å². The first-order valence-corrected chi connectivity index (χ1v) is 7.84. The number of nitrogens with two attached hydrogens (primary N) is 1. The van der Waals surface area contributed by atoms with Crippen molar-refractivity contribution in [1.82, 2.24) is 0 Å². The van der Waals surface area contributed by atoms with Gasteiger partial charge in [-0.15, -0.1) is 0 Å². The molecular weight excluding hydrogens is 357 g/mol. The van der Waals surface area contributed by atoms with E-state index in [1.165, 1.54) is 12.1 Å². The van der Waals surface area contributed by atoms with Crippen molar-refractivity contribution in [3.05, 3.63) is 57.3 Å². The van der Waals surface area contributed by atoms with E-state index < -0.39 is 5.82 Å². The summed E-state index contributed by atoms with van der Waals surface area (Å²) in [4.78, 5) is 0. The molecule has 2 nitrogen and oxygen atoms in total. The van der Waals surface area contributed by atoms with Crippen molar-refractivity contribution in [2.24, 2.45) is 5.73 Å². The maximum absolute atomic E-state index is 13.8. The number of halogens is 3. The van der Waals surface area contributed by atoms with Gasteiger partial charge in [0.15, 0.2) is 11.6 Å². The Balaban J connectivity index is 2.18. The van der Waals surface area contributed by atoms with Crippen LogP contribution >= 0.6 is 27.5 Å². The maximum Gasteiger partial charge on any atom is 0.184 e. The second-order valence-electron chi connectivity index (χ2n) is 4.78. The predicted molar refractivity (Wildman–Crippen MR) is 87.6 cm³/mol. The van der Waals surface area contributed by atoms with Crippen LogP contribution in [-0.4, -0.2) is 6.04 Å². The zero-order valence-electron chi connectivity index (χ0n) is 11.6. The molecule has 112 valence electrons. The van der Waals surface area contributed by atoms with Gasteiger partial charge >= 0.3 is 0 Å². The molecule has 5 heteroatoms. The number of rotatable bonds is 5. The van der Waals surface area contributed by atoms with E-state index in [4.69, 9.17) is 22.1 Å². The van der Waals surface area contributed by atoms with Crippen molar-refractivity contribution in [3.63, 3.8) is 0 Å². The highest BCUT2D eigenvalue weighted by molar-refractivity contribution is 9.10. The lowest BCUT2D eigenvalue weighted by Gasteiger charge is -2.12. The fourth-order valence-corrected chi connectivity index (χ4v) is 2.56. The SMILES string of the molecule is CCC(N)Cc1ccc(Oc2cccc(Cl)c2F)cc1Br. The molecule has 0 bridgehead atoms. The summed E-state index contributed by atoms with van der Waals surface area (Å²) in [6.45, 7) is 2.05. The van der Waals surface area contributed by atoms with Crippen molar-refractivity contribution >= 4 is 27.5 Å². The minimum absolute atomic E-state index is 0.0390. The van der Waals surface area contributed by atoms with Gasteiger partial charge in [-0.3, -0.25) is 0 Å². The number of hydrogen-bond donors (Lipinski definition) is 1. The summed E-state index contributed by atoms with van der Waals surface area (Å²) in [6, 6.07) is 10.3. The summed E-state index contributed by atoms with van der Waals surface area (Å²) in [5.74, 6) is 0.0802. The molecule has 0 aliphatic heterocycles. The van der Waals surface area contributed by atoms with Gasteiger partial charge in [0, 0.05) is 10.5 Å². The summed E-state index contributed by atoms with van der Waals surface area (Å²) < 4.78 is 20.2. The summed E-state index contributed by atoms with van der Waals surface area (Å²) in [6.07, 6.45) is 1.70. The van der Waals surface area contributed by atoms with E-state index >= 15 is 0 Å². The quantitative estimate of drug-likeness (QED) is 0.771. The molecule has 2 N–H and O–H groups in total. The second-order valence-corrected chi connectivity index (χ2v) is 6.04. The summed E-state index contributed by atoms with van der Waals surface area (Å²) in [5.41, 5.74) is 7.06. The predicted octanol–water partition coefficient (Wildman–Crippen LogP) is 5.31. The molecule has 0 aliphatic rings. The lowest BCUT2D eigenvalue weighted by Crippen LogP contribution is -2.21. The third-order valence-corrected chi connectivity index (χ3v) is 4.21. The van der Waals surface area contributed by atoms with Crippen molar-refractivity contribution in [1.29, 1.82) is 0 Å². The van der Waals surface area contributed by atoms with Crippen LogP contribution in [0, 0.1) is 5.82 Å². The van der Waals surface area contributed by atoms with Gasteiger partial charge in [-0.05, 0) is 42.7 Å². The Labute approximate surface area is 137 Å². The van der Waals surface area contributed by atoms with E-state index in [2.05, 4.69) is 22.9 Å². The molecule has 0 aliphatic carbocycles. The molecule has 0 fully saturated rings. The fourth-order valence-electron chi connectivity index (χ4n) is 1.87. The van der Waals surface area contributed by atoms with Gasteiger partial charge in [0.2, 0.25) is 0 Å². The number of hydrogen-bond acceptors (Lipinski definition) is 2. The average Bonchev–Trinajstić information content (AvgIpc) is 2.46. The lowest BCUT2D eigenvalue weighted by atomic mass is 10.0. The molecular formula is C16H16BrClFNO. The highest BCUT2D eigenvalue weighted by Crippen LogP contribution is 2.31. The molecule has 2 aromatic carbocycles. The van der Waals surface area contributed by atoms with E-state index in [0.29, 0.717) is 5.75 Å². The lowest BCUT2D eigenvalue weighted by molar-refractivity contribution is 0.442. The summed E-state index contributed by atoms with van der Waals surface area (Å²) >= 11 is 9.23. The Morgan fingerprint density at radius 3 is 2.76 bits per heavy atom.